The summed E-state index contributed by atoms with van der Waals surface area (Å²) in [7, 11) is 0. The molecule has 2 rings (SSSR count). The number of carbonyl (C=O) groups excluding carboxylic acids is 1. The van der Waals surface area contributed by atoms with Crippen molar-refractivity contribution in [2.75, 3.05) is 5.32 Å². The number of nitrogens with two attached hydrogens (primary N) is 1. The lowest BCUT2D eigenvalue weighted by Gasteiger charge is -2.26. The molecular formula is C15H22N2O. The van der Waals surface area contributed by atoms with Gasteiger partial charge in [0.25, 0.3) is 0 Å². The Morgan fingerprint density at radius 3 is 2.61 bits per heavy atom. The molecule has 0 unspecified atom stereocenters. The first-order valence-electron chi connectivity index (χ1n) is 6.81. The van der Waals surface area contributed by atoms with Crippen LogP contribution in [0.25, 0.3) is 0 Å². The number of benzene rings is 1. The number of para-hydroxylation sites is 1. The summed E-state index contributed by atoms with van der Waals surface area (Å²) in [5.74, 6) is 0.170. The highest BCUT2D eigenvalue weighted by molar-refractivity contribution is 5.96. The molecule has 0 spiro atoms. The van der Waals surface area contributed by atoms with Crippen LogP contribution in [-0.4, -0.2) is 5.91 Å². The van der Waals surface area contributed by atoms with E-state index in [0.717, 1.165) is 30.5 Å². The van der Waals surface area contributed by atoms with Crippen LogP contribution >= 0.6 is 0 Å². The monoisotopic (exact) mass is 246 g/mol. The van der Waals surface area contributed by atoms with Crippen molar-refractivity contribution in [3.63, 3.8) is 0 Å². The first-order chi connectivity index (χ1) is 8.72. The molecule has 1 saturated carbocycles. The van der Waals surface area contributed by atoms with Crippen molar-refractivity contribution >= 4 is 11.6 Å². The van der Waals surface area contributed by atoms with E-state index in [1.165, 1.54) is 12.8 Å². The maximum Gasteiger partial charge on any atom is 0.230 e. The molecule has 18 heavy (non-hydrogen) atoms. The summed E-state index contributed by atoms with van der Waals surface area (Å²) in [6.07, 6.45) is 5.28. The van der Waals surface area contributed by atoms with Crippen molar-refractivity contribution in [3.05, 3.63) is 29.8 Å². The molecule has 0 aromatic heterocycles. The van der Waals surface area contributed by atoms with Gasteiger partial charge in [0.1, 0.15) is 0 Å². The number of nitrogens with one attached hydrogen (secondary N) is 1. The summed E-state index contributed by atoms with van der Waals surface area (Å²) in [4.78, 5) is 12.5. The number of hydrogen-bond acceptors (Lipinski definition) is 2. The number of hydrogen-bond donors (Lipinski definition) is 2. The second-order valence-corrected chi connectivity index (χ2v) is 5.16. The zero-order valence-electron chi connectivity index (χ0n) is 11.0. The van der Waals surface area contributed by atoms with Crippen molar-refractivity contribution in [3.8, 4) is 0 Å². The number of amides is 1. The molecule has 98 valence electrons. The molecule has 1 fully saturated rings. The topological polar surface area (TPSA) is 55.1 Å². The molecular weight excluding hydrogens is 224 g/mol. The van der Waals surface area contributed by atoms with Crippen molar-refractivity contribution < 1.29 is 4.79 Å². The van der Waals surface area contributed by atoms with Crippen molar-refractivity contribution in [1.82, 2.24) is 0 Å². The van der Waals surface area contributed by atoms with Crippen LogP contribution in [0.3, 0.4) is 0 Å². The van der Waals surface area contributed by atoms with Crippen LogP contribution in [0.4, 0.5) is 5.69 Å². The molecule has 0 bridgehead atoms. The van der Waals surface area contributed by atoms with Gasteiger partial charge in [0, 0.05) is 17.6 Å². The molecule has 3 heteroatoms. The zero-order valence-corrected chi connectivity index (χ0v) is 11.0. The quantitative estimate of drug-likeness (QED) is 0.858. The van der Waals surface area contributed by atoms with Gasteiger partial charge in [0.05, 0.1) is 0 Å². The zero-order chi connectivity index (χ0) is 13.0. The van der Waals surface area contributed by atoms with Crippen LogP contribution in [0.2, 0.25) is 0 Å². The van der Waals surface area contributed by atoms with E-state index >= 15 is 0 Å². The summed E-state index contributed by atoms with van der Waals surface area (Å²) in [6, 6.07) is 7.77. The van der Waals surface area contributed by atoms with Gasteiger partial charge in [-0.05, 0) is 30.9 Å². The SMILES string of the molecule is CCC1(C(=O)Nc2ccccc2CN)CCCC1. The van der Waals surface area contributed by atoms with E-state index in [1.807, 2.05) is 24.3 Å². The number of rotatable bonds is 4. The van der Waals surface area contributed by atoms with E-state index < -0.39 is 0 Å². The van der Waals surface area contributed by atoms with Crippen LogP contribution in [0, 0.1) is 5.41 Å². The second-order valence-electron chi connectivity index (χ2n) is 5.16. The lowest BCUT2D eigenvalue weighted by Crippen LogP contribution is -2.33. The normalized spacial score (nSPS) is 17.7. The van der Waals surface area contributed by atoms with Crippen LogP contribution < -0.4 is 11.1 Å². The van der Waals surface area contributed by atoms with E-state index in [1.54, 1.807) is 0 Å². The van der Waals surface area contributed by atoms with Gasteiger partial charge in [-0.2, -0.15) is 0 Å². The highest BCUT2D eigenvalue weighted by atomic mass is 16.2. The second kappa shape index (κ2) is 5.53. The predicted octanol–water partition coefficient (Wildman–Crippen LogP) is 3.05. The highest BCUT2D eigenvalue weighted by Crippen LogP contribution is 2.41. The largest absolute Gasteiger partial charge is 0.326 e. The average Bonchev–Trinajstić information content (AvgIpc) is 2.89. The fraction of sp³-hybridized carbons (Fsp3) is 0.533. The Kier molecular flexibility index (Phi) is 4.02. The smallest absolute Gasteiger partial charge is 0.230 e. The highest BCUT2D eigenvalue weighted by Gasteiger charge is 2.39. The maximum absolute atomic E-state index is 12.5. The molecule has 0 heterocycles. The Balaban J connectivity index is 2.15. The summed E-state index contributed by atoms with van der Waals surface area (Å²) < 4.78 is 0. The van der Waals surface area contributed by atoms with Gasteiger partial charge in [0.2, 0.25) is 5.91 Å². The Labute approximate surface area is 109 Å². The summed E-state index contributed by atoms with van der Waals surface area (Å²) >= 11 is 0. The molecule has 3 N–H and O–H groups in total. The van der Waals surface area contributed by atoms with Gasteiger partial charge in [-0.3, -0.25) is 4.79 Å². The van der Waals surface area contributed by atoms with Crippen LogP contribution in [0.15, 0.2) is 24.3 Å². The third-order valence-corrected chi connectivity index (χ3v) is 4.20. The Morgan fingerprint density at radius 2 is 2.00 bits per heavy atom. The van der Waals surface area contributed by atoms with Crippen molar-refractivity contribution in [1.29, 1.82) is 0 Å². The first-order valence-corrected chi connectivity index (χ1v) is 6.81. The molecule has 1 aliphatic carbocycles. The molecule has 0 aliphatic heterocycles. The molecule has 1 aliphatic rings. The number of carbonyl (C=O) groups is 1. The van der Waals surface area contributed by atoms with Crippen molar-refractivity contribution in [2.24, 2.45) is 11.1 Å². The van der Waals surface area contributed by atoms with E-state index in [4.69, 9.17) is 5.73 Å². The predicted molar refractivity (Wildman–Crippen MR) is 74.2 cm³/mol. The molecule has 1 aromatic carbocycles. The molecule has 0 radical (unpaired) electrons. The minimum atomic E-state index is -0.151. The minimum Gasteiger partial charge on any atom is -0.326 e. The van der Waals surface area contributed by atoms with E-state index in [2.05, 4.69) is 12.2 Å². The lowest BCUT2D eigenvalue weighted by molar-refractivity contribution is -0.125. The Hall–Kier alpha value is -1.35. The average molecular weight is 246 g/mol. The summed E-state index contributed by atoms with van der Waals surface area (Å²) in [5.41, 5.74) is 7.40. The fourth-order valence-corrected chi connectivity index (χ4v) is 2.87. The summed E-state index contributed by atoms with van der Waals surface area (Å²) in [6.45, 7) is 2.56. The van der Waals surface area contributed by atoms with Gasteiger partial charge in [-0.25, -0.2) is 0 Å². The molecule has 1 amide bonds. The molecule has 3 nitrogen and oxygen atoms in total. The van der Waals surface area contributed by atoms with Gasteiger partial charge in [-0.15, -0.1) is 0 Å². The van der Waals surface area contributed by atoms with Crippen molar-refractivity contribution in [2.45, 2.75) is 45.6 Å². The van der Waals surface area contributed by atoms with Gasteiger partial charge >= 0.3 is 0 Å². The van der Waals surface area contributed by atoms with E-state index in [0.29, 0.717) is 6.54 Å². The molecule has 1 aromatic rings. The van der Waals surface area contributed by atoms with Gasteiger partial charge < -0.3 is 11.1 Å². The Bertz CT molecular complexity index is 422. The van der Waals surface area contributed by atoms with Crippen LogP contribution in [-0.2, 0) is 11.3 Å². The summed E-state index contributed by atoms with van der Waals surface area (Å²) in [5, 5.41) is 3.08. The van der Waals surface area contributed by atoms with E-state index in [-0.39, 0.29) is 11.3 Å². The van der Waals surface area contributed by atoms with E-state index in [9.17, 15) is 4.79 Å². The third-order valence-electron chi connectivity index (χ3n) is 4.20. The minimum absolute atomic E-state index is 0.151. The number of anilines is 1. The molecule has 0 saturated heterocycles. The fourth-order valence-electron chi connectivity index (χ4n) is 2.87. The standard InChI is InChI=1S/C15H22N2O/c1-2-15(9-5-6-10-15)14(18)17-13-8-4-3-7-12(13)11-16/h3-4,7-8H,2,5-6,9-11,16H2,1H3,(H,17,18). The lowest BCUT2D eigenvalue weighted by atomic mass is 9.82. The van der Waals surface area contributed by atoms with Gasteiger partial charge in [0.15, 0.2) is 0 Å². The molecule has 0 atom stereocenters. The van der Waals surface area contributed by atoms with Gasteiger partial charge in [-0.1, -0.05) is 38.0 Å². The third kappa shape index (κ3) is 2.41. The maximum atomic E-state index is 12.5. The van der Waals surface area contributed by atoms with Crippen LogP contribution in [0.5, 0.6) is 0 Å². The van der Waals surface area contributed by atoms with Crippen LogP contribution in [0.1, 0.15) is 44.6 Å². The first kappa shape index (κ1) is 13.1. The Morgan fingerprint density at radius 1 is 1.33 bits per heavy atom.